The van der Waals surface area contributed by atoms with Crippen LogP contribution in [0, 0.1) is 0 Å². The van der Waals surface area contributed by atoms with Crippen LogP contribution >= 0.6 is 0 Å². The Labute approximate surface area is 119 Å². The van der Waals surface area contributed by atoms with Crippen LogP contribution in [-0.4, -0.2) is 17.2 Å². The number of nitrogens with zero attached hydrogens (tertiary/aromatic N) is 2. The van der Waals surface area contributed by atoms with Crippen LogP contribution in [0.2, 0.25) is 0 Å². The van der Waals surface area contributed by atoms with E-state index < -0.39 is 0 Å². The first kappa shape index (κ1) is 14.5. The zero-order chi connectivity index (χ0) is 14.5. The van der Waals surface area contributed by atoms with Gasteiger partial charge in [-0.1, -0.05) is 31.1 Å². The van der Waals surface area contributed by atoms with Crippen molar-refractivity contribution in [1.29, 1.82) is 0 Å². The van der Waals surface area contributed by atoms with Crippen molar-refractivity contribution in [3.05, 3.63) is 41.5 Å². The van der Waals surface area contributed by atoms with Crippen molar-refractivity contribution >= 4 is 0 Å². The van der Waals surface area contributed by atoms with Crippen LogP contribution in [0.1, 0.15) is 50.0 Å². The lowest BCUT2D eigenvalue weighted by Gasteiger charge is -2.11. The number of ether oxygens (including phenoxy) is 1. The monoisotopic (exact) mass is 275 g/mol. The number of hydrogen-bond donors (Lipinski definition) is 1. The molecule has 1 N–H and O–H groups in total. The molecule has 0 fully saturated rings. The van der Waals surface area contributed by atoms with E-state index in [0.29, 0.717) is 24.4 Å². The maximum atomic E-state index is 5.64. The van der Waals surface area contributed by atoms with Crippen molar-refractivity contribution in [2.45, 2.75) is 39.3 Å². The van der Waals surface area contributed by atoms with Crippen LogP contribution < -0.4 is 10.1 Å². The van der Waals surface area contributed by atoms with Gasteiger partial charge < -0.3 is 14.6 Å². The third kappa shape index (κ3) is 3.57. The first-order valence-corrected chi connectivity index (χ1v) is 6.82. The topological polar surface area (TPSA) is 60.2 Å². The van der Waals surface area contributed by atoms with Crippen LogP contribution in [0.25, 0.3) is 0 Å². The van der Waals surface area contributed by atoms with E-state index in [2.05, 4.69) is 22.4 Å². The molecule has 5 nitrogen and oxygen atoms in total. The minimum absolute atomic E-state index is 0.259. The second-order valence-corrected chi connectivity index (χ2v) is 5.07. The quantitative estimate of drug-likeness (QED) is 0.878. The molecule has 1 unspecified atom stereocenters. The summed E-state index contributed by atoms with van der Waals surface area (Å²) in [5, 5.41) is 7.10. The summed E-state index contributed by atoms with van der Waals surface area (Å²) < 4.78 is 10.8. The third-order valence-electron chi connectivity index (χ3n) is 3.18. The second-order valence-electron chi connectivity index (χ2n) is 5.07. The largest absolute Gasteiger partial charge is 0.484 e. The Bertz CT molecular complexity index is 534. The molecule has 2 aromatic rings. The molecule has 1 atom stereocenters. The van der Waals surface area contributed by atoms with E-state index in [0.717, 1.165) is 5.75 Å². The van der Waals surface area contributed by atoms with E-state index in [-0.39, 0.29) is 5.92 Å². The van der Waals surface area contributed by atoms with Gasteiger partial charge in [0.25, 0.3) is 5.89 Å². The van der Waals surface area contributed by atoms with Crippen molar-refractivity contribution in [2.24, 2.45) is 0 Å². The molecule has 0 amide bonds. The number of hydrogen-bond acceptors (Lipinski definition) is 5. The molecule has 1 aromatic heterocycles. The molecule has 0 saturated carbocycles. The molecule has 0 saturated heterocycles. The highest BCUT2D eigenvalue weighted by molar-refractivity contribution is 5.28. The van der Waals surface area contributed by atoms with Gasteiger partial charge in [-0.25, -0.2) is 0 Å². The van der Waals surface area contributed by atoms with Gasteiger partial charge in [-0.3, -0.25) is 0 Å². The fourth-order valence-corrected chi connectivity index (χ4v) is 1.73. The SMILES string of the molecule is CNC(C)c1ccc(OCc2nc(C(C)C)no2)cc1. The molecule has 0 spiro atoms. The van der Waals surface area contributed by atoms with Gasteiger partial charge in [-0.15, -0.1) is 0 Å². The van der Waals surface area contributed by atoms with Gasteiger partial charge in [0.15, 0.2) is 12.4 Å². The summed E-state index contributed by atoms with van der Waals surface area (Å²) in [6.07, 6.45) is 0. The summed E-state index contributed by atoms with van der Waals surface area (Å²) in [5.41, 5.74) is 1.22. The zero-order valence-electron chi connectivity index (χ0n) is 12.4. The molecule has 20 heavy (non-hydrogen) atoms. The highest BCUT2D eigenvalue weighted by Gasteiger charge is 2.10. The van der Waals surface area contributed by atoms with Crippen LogP contribution in [0.4, 0.5) is 0 Å². The Morgan fingerprint density at radius 1 is 1.20 bits per heavy atom. The van der Waals surface area contributed by atoms with Gasteiger partial charge in [0.1, 0.15) is 5.75 Å². The summed E-state index contributed by atoms with van der Waals surface area (Å²) in [5.74, 6) is 2.26. The van der Waals surface area contributed by atoms with Gasteiger partial charge in [0.05, 0.1) is 0 Å². The maximum absolute atomic E-state index is 5.64. The van der Waals surface area contributed by atoms with E-state index in [1.54, 1.807) is 0 Å². The zero-order valence-corrected chi connectivity index (χ0v) is 12.4. The normalized spacial score (nSPS) is 12.7. The first-order valence-electron chi connectivity index (χ1n) is 6.82. The van der Waals surface area contributed by atoms with Crippen molar-refractivity contribution in [1.82, 2.24) is 15.5 Å². The van der Waals surface area contributed by atoms with Crippen molar-refractivity contribution in [3.63, 3.8) is 0 Å². The Kier molecular flexibility index (Phi) is 4.74. The van der Waals surface area contributed by atoms with E-state index in [1.165, 1.54) is 5.56 Å². The third-order valence-corrected chi connectivity index (χ3v) is 3.18. The molecule has 0 bridgehead atoms. The van der Waals surface area contributed by atoms with Crippen LogP contribution in [0.3, 0.4) is 0 Å². The van der Waals surface area contributed by atoms with Crippen molar-refractivity contribution < 1.29 is 9.26 Å². The lowest BCUT2D eigenvalue weighted by molar-refractivity contribution is 0.242. The predicted octanol–water partition coefficient (Wildman–Crippen LogP) is 3.05. The summed E-state index contributed by atoms with van der Waals surface area (Å²) >= 11 is 0. The average molecular weight is 275 g/mol. The van der Waals surface area contributed by atoms with Crippen molar-refractivity contribution in [3.8, 4) is 5.75 Å². The fourth-order valence-electron chi connectivity index (χ4n) is 1.73. The van der Waals surface area contributed by atoms with Gasteiger partial charge >= 0.3 is 0 Å². The van der Waals surface area contributed by atoms with Crippen LogP contribution in [-0.2, 0) is 6.61 Å². The van der Waals surface area contributed by atoms with Gasteiger partial charge in [0, 0.05) is 12.0 Å². The molecule has 2 rings (SSSR count). The molecule has 108 valence electrons. The van der Waals surface area contributed by atoms with Gasteiger partial charge in [-0.05, 0) is 31.7 Å². The number of benzene rings is 1. The van der Waals surface area contributed by atoms with E-state index in [1.807, 2.05) is 45.2 Å². The fraction of sp³-hybridized carbons (Fsp3) is 0.467. The van der Waals surface area contributed by atoms with Gasteiger partial charge in [0.2, 0.25) is 0 Å². The Morgan fingerprint density at radius 3 is 2.45 bits per heavy atom. The number of rotatable bonds is 6. The first-order chi connectivity index (χ1) is 9.60. The Hall–Kier alpha value is -1.88. The van der Waals surface area contributed by atoms with Crippen molar-refractivity contribution in [2.75, 3.05) is 7.05 Å². The molecule has 0 aliphatic heterocycles. The molecule has 5 heteroatoms. The van der Waals surface area contributed by atoms with E-state index >= 15 is 0 Å². The Balaban J connectivity index is 1.93. The van der Waals surface area contributed by atoms with Gasteiger partial charge in [-0.2, -0.15) is 4.98 Å². The van der Waals surface area contributed by atoms with Crippen LogP contribution in [0.15, 0.2) is 28.8 Å². The maximum Gasteiger partial charge on any atom is 0.264 e. The highest BCUT2D eigenvalue weighted by Crippen LogP contribution is 2.18. The van der Waals surface area contributed by atoms with Crippen LogP contribution in [0.5, 0.6) is 5.75 Å². The Morgan fingerprint density at radius 2 is 1.90 bits per heavy atom. The summed E-state index contributed by atoms with van der Waals surface area (Å²) in [7, 11) is 1.94. The van der Waals surface area contributed by atoms with E-state index in [4.69, 9.17) is 9.26 Å². The van der Waals surface area contributed by atoms with E-state index in [9.17, 15) is 0 Å². The molecule has 1 heterocycles. The molecule has 0 radical (unpaired) electrons. The smallest absolute Gasteiger partial charge is 0.264 e. The highest BCUT2D eigenvalue weighted by atomic mass is 16.5. The molecule has 0 aliphatic carbocycles. The minimum Gasteiger partial charge on any atom is -0.484 e. The molecule has 0 aliphatic rings. The summed E-state index contributed by atoms with van der Waals surface area (Å²) in [4.78, 5) is 4.27. The molecular weight excluding hydrogens is 254 g/mol. The lowest BCUT2D eigenvalue weighted by atomic mass is 10.1. The minimum atomic E-state index is 0.259. The second kappa shape index (κ2) is 6.52. The standard InChI is InChI=1S/C15H21N3O2/c1-10(2)15-17-14(20-18-15)9-19-13-7-5-12(6-8-13)11(3)16-4/h5-8,10-11,16H,9H2,1-4H3. The molecular formula is C15H21N3O2. The molecule has 1 aromatic carbocycles. The number of aromatic nitrogens is 2. The summed E-state index contributed by atoms with van der Waals surface area (Å²) in [6, 6.07) is 8.31. The average Bonchev–Trinajstić information content (AvgIpc) is 2.94. The lowest BCUT2D eigenvalue weighted by Crippen LogP contribution is -2.11. The number of nitrogens with one attached hydrogen (secondary N) is 1. The predicted molar refractivity (Wildman–Crippen MR) is 76.6 cm³/mol. The summed E-state index contributed by atoms with van der Waals surface area (Å²) in [6.45, 7) is 6.46.